The Labute approximate surface area is 150 Å². The van der Waals surface area contributed by atoms with Gasteiger partial charge in [-0.15, -0.1) is 10.2 Å². The van der Waals surface area contributed by atoms with Crippen molar-refractivity contribution in [1.82, 2.24) is 20.0 Å². The molecule has 1 unspecified atom stereocenters. The molecule has 0 radical (unpaired) electrons. The Balaban J connectivity index is 1.40. The molecule has 3 heterocycles. The number of hydrogen-bond donors (Lipinski definition) is 0. The van der Waals surface area contributed by atoms with Gasteiger partial charge in [0.2, 0.25) is 11.8 Å². The van der Waals surface area contributed by atoms with Crippen LogP contribution in [-0.4, -0.2) is 39.6 Å². The van der Waals surface area contributed by atoms with Crippen LogP contribution in [0.25, 0.3) is 0 Å². The van der Waals surface area contributed by atoms with Crippen LogP contribution in [0.15, 0.2) is 28.7 Å². The molecule has 1 atom stereocenters. The molecule has 2 aliphatic rings. The molecule has 4 rings (SSSR count). The number of aromatic nitrogens is 2. The molecule has 134 valence electrons. The Morgan fingerprint density at radius 3 is 2.56 bits per heavy atom. The summed E-state index contributed by atoms with van der Waals surface area (Å²) < 4.78 is 6.05. The summed E-state index contributed by atoms with van der Waals surface area (Å²) in [5.41, 5.74) is 2.66. The molecule has 0 aliphatic carbocycles. The van der Waals surface area contributed by atoms with Crippen LogP contribution in [-0.2, 0) is 13.1 Å². The fourth-order valence-corrected chi connectivity index (χ4v) is 4.00. The highest BCUT2D eigenvalue weighted by Crippen LogP contribution is 2.32. The zero-order valence-corrected chi connectivity index (χ0v) is 15.2. The summed E-state index contributed by atoms with van der Waals surface area (Å²) in [6.45, 7) is 7.29. The van der Waals surface area contributed by atoms with E-state index in [0.29, 0.717) is 0 Å². The van der Waals surface area contributed by atoms with Crippen molar-refractivity contribution in [3.63, 3.8) is 0 Å². The van der Waals surface area contributed by atoms with Crippen LogP contribution in [0.4, 0.5) is 0 Å². The third kappa shape index (κ3) is 4.10. The second-order valence-electron chi connectivity index (χ2n) is 7.48. The lowest BCUT2D eigenvalue weighted by molar-refractivity contribution is 0.185. The molecule has 0 saturated carbocycles. The van der Waals surface area contributed by atoms with Crippen LogP contribution in [0.2, 0.25) is 0 Å². The molecule has 1 aromatic heterocycles. The summed E-state index contributed by atoms with van der Waals surface area (Å²) in [7, 11) is 0. The van der Waals surface area contributed by atoms with Gasteiger partial charge in [0.1, 0.15) is 0 Å². The first kappa shape index (κ1) is 16.7. The Morgan fingerprint density at radius 1 is 0.960 bits per heavy atom. The van der Waals surface area contributed by atoms with Crippen LogP contribution in [0.5, 0.6) is 0 Å². The fraction of sp³-hybridized carbons (Fsp3) is 0.600. The van der Waals surface area contributed by atoms with Gasteiger partial charge in [-0.25, -0.2) is 0 Å². The van der Waals surface area contributed by atoms with E-state index >= 15 is 0 Å². The number of aryl methyl sites for hydroxylation is 1. The van der Waals surface area contributed by atoms with Gasteiger partial charge in [-0.1, -0.05) is 36.2 Å². The Morgan fingerprint density at radius 2 is 1.76 bits per heavy atom. The van der Waals surface area contributed by atoms with Gasteiger partial charge < -0.3 is 4.42 Å². The number of hydrogen-bond acceptors (Lipinski definition) is 5. The van der Waals surface area contributed by atoms with Gasteiger partial charge in [-0.05, 0) is 57.8 Å². The highest BCUT2D eigenvalue weighted by Gasteiger charge is 2.30. The number of piperidine rings is 1. The number of nitrogens with zero attached hydrogens (tertiary/aromatic N) is 4. The summed E-state index contributed by atoms with van der Waals surface area (Å²) in [6.07, 6.45) is 6.22. The van der Waals surface area contributed by atoms with E-state index in [0.717, 1.165) is 50.9 Å². The number of rotatable bonds is 5. The molecule has 2 fully saturated rings. The molecular weight excluding hydrogens is 312 g/mol. The minimum Gasteiger partial charge on any atom is -0.422 e. The molecule has 5 heteroatoms. The molecule has 2 aromatic rings. The first-order valence-corrected chi connectivity index (χ1v) is 9.62. The van der Waals surface area contributed by atoms with Gasteiger partial charge in [0.15, 0.2) is 0 Å². The third-order valence-electron chi connectivity index (χ3n) is 5.45. The lowest BCUT2D eigenvalue weighted by Gasteiger charge is -2.24. The van der Waals surface area contributed by atoms with Crippen molar-refractivity contribution in [2.75, 3.05) is 19.6 Å². The van der Waals surface area contributed by atoms with E-state index in [9.17, 15) is 0 Å². The van der Waals surface area contributed by atoms with Crippen molar-refractivity contribution in [1.29, 1.82) is 0 Å². The Hall–Kier alpha value is -1.72. The normalized spacial score (nSPS) is 22.5. The van der Waals surface area contributed by atoms with Crippen molar-refractivity contribution in [2.45, 2.75) is 58.2 Å². The van der Waals surface area contributed by atoms with Crippen molar-refractivity contribution in [3.8, 4) is 0 Å². The maximum atomic E-state index is 6.05. The van der Waals surface area contributed by atoms with Crippen LogP contribution in [0, 0.1) is 6.92 Å². The topological polar surface area (TPSA) is 45.4 Å². The van der Waals surface area contributed by atoms with Crippen molar-refractivity contribution in [2.24, 2.45) is 0 Å². The van der Waals surface area contributed by atoms with E-state index in [-0.39, 0.29) is 6.04 Å². The largest absolute Gasteiger partial charge is 0.422 e. The van der Waals surface area contributed by atoms with E-state index in [1.807, 2.05) is 0 Å². The van der Waals surface area contributed by atoms with Gasteiger partial charge in [-0.3, -0.25) is 9.80 Å². The van der Waals surface area contributed by atoms with Gasteiger partial charge in [0.25, 0.3) is 0 Å². The summed E-state index contributed by atoms with van der Waals surface area (Å²) in [4.78, 5) is 4.91. The van der Waals surface area contributed by atoms with Gasteiger partial charge in [0.05, 0.1) is 12.6 Å². The van der Waals surface area contributed by atoms with Crippen LogP contribution in [0.1, 0.15) is 61.1 Å². The highest BCUT2D eigenvalue weighted by molar-refractivity contribution is 5.21. The quantitative estimate of drug-likeness (QED) is 0.830. The highest BCUT2D eigenvalue weighted by atomic mass is 16.4. The van der Waals surface area contributed by atoms with E-state index in [4.69, 9.17) is 4.42 Å². The summed E-state index contributed by atoms with van der Waals surface area (Å²) >= 11 is 0. The summed E-state index contributed by atoms with van der Waals surface area (Å²) in [5.74, 6) is 1.58. The van der Waals surface area contributed by atoms with E-state index in [1.165, 1.54) is 36.8 Å². The fourth-order valence-electron chi connectivity index (χ4n) is 4.00. The molecule has 0 N–H and O–H groups in total. The molecule has 2 saturated heterocycles. The predicted molar refractivity (Wildman–Crippen MR) is 97.0 cm³/mol. The molecular formula is C20H28N4O. The molecule has 2 aliphatic heterocycles. The number of likely N-dealkylation sites (tertiary alicyclic amines) is 2. The van der Waals surface area contributed by atoms with E-state index in [2.05, 4.69) is 51.2 Å². The second kappa shape index (κ2) is 7.67. The maximum absolute atomic E-state index is 6.05. The predicted octanol–water partition coefficient (Wildman–Crippen LogP) is 3.70. The van der Waals surface area contributed by atoms with Gasteiger partial charge >= 0.3 is 0 Å². The first-order chi connectivity index (χ1) is 12.3. The van der Waals surface area contributed by atoms with Crippen molar-refractivity contribution >= 4 is 0 Å². The number of benzene rings is 1. The van der Waals surface area contributed by atoms with Gasteiger partial charge in [-0.2, -0.15) is 0 Å². The average Bonchev–Trinajstić information content (AvgIpc) is 3.27. The SMILES string of the molecule is Cc1ccc(CN2CCCC2c2nnc(CN3CCCCC3)o2)cc1. The summed E-state index contributed by atoms with van der Waals surface area (Å²) in [6, 6.07) is 9.08. The molecule has 1 aromatic carbocycles. The van der Waals surface area contributed by atoms with Crippen LogP contribution in [0.3, 0.4) is 0 Å². The van der Waals surface area contributed by atoms with Crippen molar-refractivity contribution in [3.05, 3.63) is 47.2 Å². The average molecular weight is 340 g/mol. The lowest BCUT2D eigenvalue weighted by Crippen LogP contribution is -2.29. The first-order valence-electron chi connectivity index (χ1n) is 9.62. The molecule has 0 bridgehead atoms. The van der Waals surface area contributed by atoms with E-state index in [1.54, 1.807) is 0 Å². The Bertz CT molecular complexity index is 675. The molecule has 0 spiro atoms. The smallest absolute Gasteiger partial charge is 0.233 e. The maximum Gasteiger partial charge on any atom is 0.233 e. The third-order valence-corrected chi connectivity index (χ3v) is 5.45. The molecule has 0 amide bonds. The minimum absolute atomic E-state index is 0.268. The summed E-state index contributed by atoms with van der Waals surface area (Å²) in [5, 5.41) is 8.71. The zero-order valence-electron chi connectivity index (χ0n) is 15.2. The van der Waals surface area contributed by atoms with Crippen LogP contribution < -0.4 is 0 Å². The lowest BCUT2D eigenvalue weighted by atomic mass is 10.1. The Kier molecular flexibility index (Phi) is 5.13. The minimum atomic E-state index is 0.268. The van der Waals surface area contributed by atoms with Crippen molar-refractivity contribution < 1.29 is 4.42 Å². The van der Waals surface area contributed by atoms with Gasteiger partial charge in [0, 0.05) is 6.54 Å². The standard InChI is InChI=1S/C20H28N4O/c1-16-7-9-17(10-8-16)14-24-13-5-6-18(24)20-22-21-19(25-20)15-23-11-3-2-4-12-23/h7-10,18H,2-6,11-15H2,1H3. The second-order valence-corrected chi connectivity index (χ2v) is 7.48. The molecule has 25 heavy (non-hydrogen) atoms. The monoisotopic (exact) mass is 340 g/mol. The van der Waals surface area contributed by atoms with Crippen LogP contribution >= 0.6 is 0 Å². The zero-order chi connectivity index (χ0) is 17.1. The molecule has 5 nitrogen and oxygen atoms in total. The van der Waals surface area contributed by atoms with E-state index < -0.39 is 0 Å².